The zero-order valence-corrected chi connectivity index (χ0v) is 15.2. The number of piperidine rings is 1. The number of hydrogen-bond acceptors (Lipinski definition) is 4. The molecule has 1 saturated heterocycles. The number of nitrogens with zero attached hydrogens (tertiary/aromatic N) is 4. The normalized spacial score (nSPS) is 18.8. The molecule has 3 rings (SSSR count). The minimum absolute atomic E-state index is 0.0324. The summed E-state index contributed by atoms with van der Waals surface area (Å²) in [5.74, 6) is 0.543. The Balaban J connectivity index is 1.70. The zero-order chi connectivity index (χ0) is 17.8. The summed E-state index contributed by atoms with van der Waals surface area (Å²) in [6.07, 6.45) is 8.56. The van der Waals surface area contributed by atoms with E-state index in [1.165, 1.54) is 0 Å². The van der Waals surface area contributed by atoms with E-state index >= 15 is 0 Å². The number of aryl methyl sites for hydroxylation is 1. The lowest BCUT2D eigenvalue weighted by Crippen LogP contribution is -2.40. The second-order valence-corrected chi connectivity index (χ2v) is 6.76. The fourth-order valence-corrected chi connectivity index (χ4v) is 3.07. The molecule has 0 aromatic carbocycles. The highest BCUT2D eigenvalue weighted by Crippen LogP contribution is 2.23. The number of ether oxygens (including phenoxy) is 1. The van der Waals surface area contributed by atoms with E-state index in [1.807, 2.05) is 35.8 Å². The fraction of sp³-hybridized carbons (Fsp3) is 0.526. The van der Waals surface area contributed by atoms with Gasteiger partial charge in [0.25, 0.3) is 5.91 Å². The highest BCUT2D eigenvalue weighted by Gasteiger charge is 2.26. The number of amides is 1. The minimum Gasteiger partial charge on any atom is -0.475 e. The molecule has 2 aromatic rings. The number of carbonyl (C=O) groups excluding carboxylic acids is 1. The molecule has 2 unspecified atom stereocenters. The number of hydrogen-bond donors (Lipinski definition) is 0. The van der Waals surface area contributed by atoms with Gasteiger partial charge in [-0.3, -0.25) is 9.48 Å². The van der Waals surface area contributed by atoms with Crippen LogP contribution in [0.1, 0.15) is 55.1 Å². The van der Waals surface area contributed by atoms with E-state index in [0.29, 0.717) is 18.0 Å². The van der Waals surface area contributed by atoms with Crippen molar-refractivity contribution in [2.24, 2.45) is 0 Å². The largest absolute Gasteiger partial charge is 0.475 e. The first-order valence-electron chi connectivity index (χ1n) is 8.99. The topological polar surface area (TPSA) is 60.2 Å². The Kier molecular flexibility index (Phi) is 5.36. The Morgan fingerprint density at radius 2 is 2.32 bits per heavy atom. The van der Waals surface area contributed by atoms with Gasteiger partial charge in [-0.1, -0.05) is 6.92 Å². The first-order valence-corrected chi connectivity index (χ1v) is 8.99. The third kappa shape index (κ3) is 4.18. The van der Waals surface area contributed by atoms with Crippen molar-refractivity contribution in [1.82, 2.24) is 19.7 Å². The van der Waals surface area contributed by atoms with Crippen LogP contribution in [0.5, 0.6) is 5.88 Å². The van der Waals surface area contributed by atoms with Crippen LogP contribution >= 0.6 is 0 Å². The quantitative estimate of drug-likeness (QED) is 0.837. The summed E-state index contributed by atoms with van der Waals surface area (Å²) in [6, 6.07) is 3.74. The lowest BCUT2D eigenvalue weighted by Gasteiger charge is -2.33. The van der Waals surface area contributed by atoms with Gasteiger partial charge in [0, 0.05) is 37.1 Å². The summed E-state index contributed by atoms with van der Waals surface area (Å²) in [5.41, 5.74) is 1.77. The van der Waals surface area contributed by atoms with E-state index < -0.39 is 0 Å². The van der Waals surface area contributed by atoms with Gasteiger partial charge in [-0.05, 0) is 44.7 Å². The van der Waals surface area contributed by atoms with Gasteiger partial charge in [-0.25, -0.2) is 4.98 Å². The molecule has 0 spiro atoms. The van der Waals surface area contributed by atoms with Crippen LogP contribution in [-0.4, -0.2) is 44.8 Å². The first kappa shape index (κ1) is 17.5. The van der Waals surface area contributed by atoms with Gasteiger partial charge in [-0.15, -0.1) is 0 Å². The molecule has 3 heterocycles. The van der Waals surface area contributed by atoms with Gasteiger partial charge in [0.15, 0.2) is 0 Å². The van der Waals surface area contributed by atoms with Crippen LogP contribution in [0.25, 0.3) is 0 Å². The Morgan fingerprint density at radius 3 is 3.04 bits per heavy atom. The standard InChI is InChI=1S/C19H26N4O2/c1-4-15(3)25-18-10-16(7-8-20-18)19(24)22-9-5-6-17(13-22)23-12-14(2)11-21-23/h7-8,10-12,15,17H,4-6,9,13H2,1-3H3. The van der Waals surface area contributed by atoms with E-state index in [-0.39, 0.29) is 18.1 Å². The highest BCUT2D eigenvalue weighted by atomic mass is 16.5. The number of likely N-dealkylation sites (tertiary alicyclic amines) is 1. The van der Waals surface area contributed by atoms with Crippen LogP contribution in [0.15, 0.2) is 30.7 Å². The van der Waals surface area contributed by atoms with Crippen LogP contribution in [0, 0.1) is 6.92 Å². The van der Waals surface area contributed by atoms with E-state index in [9.17, 15) is 4.79 Å². The molecule has 2 atom stereocenters. The van der Waals surface area contributed by atoms with E-state index in [1.54, 1.807) is 18.3 Å². The fourth-order valence-electron chi connectivity index (χ4n) is 3.07. The number of rotatable bonds is 5. The Morgan fingerprint density at radius 1 is 1.48 bits per heavy atom. The van der Waals surface area contributed by atoms with E-state index in [2.05, 4.69) is 17.0 Å². The molecule has 0 saturated carbocycles. The van der Waals surface area contributed by atoms with Crippen molar-refractivity contribution in [2.75, 3.05) is 13.1 Å². The molecular formula is C19H26N4O2. The third-order valence-corrected chi connectivity index (χ3v) is 4.67. The molecule has 1 aliphatic rings. The summed E-state index contributed by atoms with van der Waals surface area (Å²) < 4.78 is 7.72. The van der Waals surface area contributed by atoms with Crippen LogP contribution in [0.2, 0.25) is 0 Å². The maximum absolute atomic E-state index is 12.9. The monoisotopic (exact) mass is 342 g/mol. The average molecular weight is 342 g/mol. The second-order valence-electron chi connectivity index (χ2n) is 6.76. The van der Waals surface area contributed by atoms with Gasteiger partial charge in [0.2, 0.25) is 5.88 Å². The van der Waals surface area contributed by atoms with Gasteiger partial charge in [0.1, 0.15) is 0 Å². The van der Waals surface area contributed by atoms with Crippen molar-refractivity contribution < 1.29 is 9.53 Å². The molecule has 6 heteroatoms. The first-order chi connectivity index (χ1) is 12.1. The van der Waals surface area contributed by atoms with E-state index in [0.717, 1.165) is 31.4 Å². The highest BCUT2D eigenvalue weighted by molar-refractivity contribution is 5.94. The van der Waals surface area contributed by atoms with Gasteiger partial charge in [-0.2, -0.15) is 5.10 Å². The SMILES string of the molecule is CCC(C)Oc1cc(C(=O)N2CCCC(n3cc(C)cn3)C2)ccn1. The molecular weight excluding hydrogens is 316 g/mol. The van der Waals surface area contributed by atoms with Crippen LogP contribution in [-0.2, 0) is 0 Å². The Labute approximate surface area is 148 Å². The van der Waals surface area contributed by atoms with Gasteiger partial charge >= 0.3 is 0 Å². The molecule has 1 amide bonds. The predicted octanol–water partition coefficient (Wildman–Crippen LogP) is 3.24. The summed E-state index contributed by atoms with van der Waals surface area (Å²) in [5, 5.41) is 4.41. The predicted molar refractivity (Wildman–Crippen MR) is 95.8 cm³/mol. The summed E-state index contributed by atoms with van der Waals surface area (Å²) in [6.45, 7) is 7.55. The van der Waals surface area contributed by atoms with Crippen molar-refractivity contribution in [3.8, 4) is 5.88 Å². The van der Waals surface area contributed by atoms with Gasteiger partial charge < -0.3 is 9.64 Å². The maximum Gasteiger partial charge on any atom is 0.254 e. The molecule has 0 N–H and O–H groups in total. The molecule has 6 nitrogen and oxygen atoms in total. The van der Waals surface area contributed by atoms with Crippen molar-refractivity contribution >= 4 is 5.91 Å². The van der Waals surface area contributed by atoms with Crippen molar-refractivity contribution in [2.45, 2.75) is 52.2 Å². The lowest BCUT2D eigenvalue weighted by atomic mass is 10.0. The van der Waals surface area contributed by atoms with Crippen molar-refractivity contribution in [3.05, 3.63) is 41.9 Å². The lowest BCUT2D eigenvalue weighted by molar-refractivity contribution is 0.0672. The van der Waals surface area contributed by atoms with Crippen LogP contribution < -0.4 is 4.74 Å². The molecule has 0 bridgehead atoms. The zero-order valence-electron chi connectivity index (χ0n) is 15.2. The molecule has 2 aromatic heterocycles. The van der Waals surface area contributed by atoms with Gasteiger partial charge in [0.05, 0.1) is 18.3 Å². The van der Waals surface area contributed by atoms with Crippen LogP contribution in [0.4, 0.5) is 0 Å². The molecule has 0 radical (unpaired) electrons. The third-order valence-electron chi connectivity index (χ3n) is 4.67. The molecule has 0 aliphatic carbocycles. The van der Waals surface area contributed by atoms with Crippen molar-refractivity contribution in [1.29, 1.82) is 0 Å². The minimum atomic E-state index is 0.0324. The Bertz CT molecular complexity index is 728. The van der Waals surface area contributed by atoms with Crippen LogP contribution in [0.3, 0.4) is 0 Å². The maximum atomic E-state index is 12.9. The smallest absolute Gasteiger partial charge is 0.254 e. The summed E-state index contributed by atoms with van der Waals surface area (Å²) in [4.78, 5) is 19.0. The number of carbonyl (C=O) groups is 1. The molecule has 1 aliphatic heterocycles. The molecule has 134 valence electrons. The Hall–Kier alpha value is -2.37. The summed E-state index contributed by atoms with van der Waals surface area (Å²) >= 11 is 0. The summed E-state index contributed by atoms with van der Waals surface area (Å²) in [7, 11) is 0. The average Bonchev–Trinajstić information content (AvgIpc) is 3.08. The molecule has 1 fully saturated rings. The van der Waals surface area contributed by atoms with E-state index in [4.69, 9.17) is 4.74 Å². The van der Waals surface area contributed by atoms with Crippen molar-refractivity contribution in [3.63, 3.8) is 0 Å². The number of aromatic nitrogens is 3. The second kappa shape index (κ2) is 7.68. The number of pyridine rings is 1. The molecule has 25 heavy (non-hydrogen) atoms.